The first-order chi connectivity index (χ1) is 21.2. The van der Waals surface area contributed by atoms with Crippen LogP contribution in [0.15, 0.2) is 72.8 Å². The first-order valence-corrected chi connectivity index (χ1v) is 16.8. The van der Waals surface area contributed by atoms with E-state index in [2.05, 4.69) is 43.0 Å². The minimum atomic E-state index is 0.172. The molecule has 5 nitrogen and oxygen atoms in total. The van der Waals surface area contributed by atoms with Crippen molar-refractivity contribution >= 4 is 17.5 Å². The van der Waals surface area contributed by atoms with Crippen molar-refractivity contribution in [2.24, 2.45) is 0 Å². The molecule has 0 bridgehead atoms. The lowest BCUT2D eigenvalue weighted by Crippen LogP contribution is -2.33. The van der Waals surface area contributed by atoms with Crippen LogP contribution < -0.4 is 4.90 Å². The molecule has 6 rings (SSSR count). The van der Waals surface area contributed by atoms with Crippen LogP contribution in [0.1, 0.15) is 116 Å². The van der Waals surface area contributed by atoms with E-state index in [1.165, 1.54) is 11.1 Å². The van der Waals surface area contributed by atoms with Crippen molar-refractivity contribution in [2.75, 3.05) is 4.90 Å². The fourth-order valence-corrected chi connectivity index (χ4v) is 5.26. The van der Waals surface area contributed by atoms with Crippen molar-refractivity contribution in [1.82, 2.24) is 9.80 Å². The first-order valence-electron chi connectivity index (χ1n) is 16.8. The average molecular weight is 602 g/mol. The highest BCUT2D eigenvalue weighted by molar-refractivity contribution is 6.01. The molecule has 3 aromatic rings. The van der Waals surface area contributed by atoms with Gasteiger partial charge in [-0.05, 0) is 75.9 Å². The van der Waals surface area contributed by atoms with Gasteiger partial charge in [-0.2, -0.15) is 0 Å². The molecule has 0 unspecified atom stereocenters. The van der Waals surface area contributed by atoms with Gasteiger partial charge in [0.05, 0.1) is 6.42 Å². The van der Waals surface area contributed by atoms with Crippen molar-refractivity contribution < 1.29 is 9.59 Å². The van der Waals surface area contributed by atoms with Gasteiger partial charge in [-0.25, -0.2) is 0 Å². The topological polar surface area (TPSA) is 43.9 Å². The minimum absolute atomic E-state index is 0.172. The van der Waals surface area contributed by atoms with Gasteiger partial charge >= 0.3 is 0 Å². The number of hydrogen-bond donors (Lipinski definition) is 0. The third-order valence-corrected chi connectivity index (χ3v) is 7.45. The molecule has 242 valence electrons. The number of para-hydroxylation sites is 1. The highest BCUT2D eigenvalue weighted by Crippen LogP contribution is 2.30. The minimum Gasteiger partial charge on any atom is -0.332 e. The number of hydrogen-bond acceptors (Lipinski definition) is 3. The molecule has 0 N–H and O–H groups in total. The predicted octanol–water partition coefficient (Wildman–Crippen LogP) is 9.52. The Morgan fingerprint density at radius 3 is 1.43 bits per heavy atom. The van der Waals surface area contributed by atoms with Crippen molar-refractivity contribution in [3.8, 4) is 0 Å². The van der Waals surface area contributed by atoms with Crippen LogP contribution >= 0.6 is 0 Å². The van der Waals surface area contributed by atoms with Crippen LogP contribution in [-0.4, -0.2) is 39.7 Å². The number of rotatable bonds is 3. The third kappa shape index (κ3) is 10.1. The molecule has 0 spiro atoms. The molecular weight excluding hydrogens is 542 g/mol. The van der Waals surface area contributed by atoms with Gasteiger partial charge in [-0.15, -0.1) is 0 Å². The zero-order chi connectivity index (χ0) is 33.4. The highest BCUT2D eigenvalue weighted by Gasteiger charge is 2.29. The van der Waals surface area contributed by atoms with E-state index < -0.39 is 0 Å². The summed E-state index contributed by atoms with van der Waals surface area (Å²) in [6, 6.07) is 25.8. The van der Waals surface area contributed by atoms with Crippen LogP contribution in [-0.2, 0) is 30.8 Å². The maximum absolute atomic E-state index is 11.8. The summed E-state index contributed by atoms with van der Waals surface area (Å²) in [6.45, 7) is 27.7. The molecular formula is C39H59N3O2. The van der Waals surface area contributed by atoms with Crippen molar-refractivity contribution in [3.05, 3.63) is 101 Å². The molecule has 0 aromatic heterocycles. The normalized spacial score (nSPS) is 14.1. The number of carbonyl (C=O) groups is 2. The number of fused-ring (bicyclic) bond motifs is 3. The van der Waals surface area contributed by atoms with Gasteiger partial charge in [-0.1, -0.05) is 102 Å². The zero-order valence-electron chi connectivity index (χ0n) is 29.6. The fourth-order valence-electron chi connectivity index (χ4n) is 5.26. The summed E-state index contributed by atoms with van der Waals surface area (Å²) in [5.74, 6) is 0.391. The smallest absolute Gasteiger partial charge is 0.254 e. The lowest BCUT2D eigenvalue weighted by Gasteiger charge is -2.21. The van der Waals surface area contributed by atoms with Crippen LogP contribution in [0.2, 0.25) is 0 Å². The molecule has 0 radical (unpaired) electrons. The molecule has 3 aromatic carbocycles. The van der Waals surface area contributed by atoms with E-state index in [1.54, 1.807) is 0 Å². The fraction of sp³-hybridized carbons (Fsp3) is 0.487. The Hall–Kier alpha value is -3.44. The number of benzene rings is 3. The van der Waals surface area contributed by atoms with Crippen LogP contribution in [0.3, 0.4) is 0 Å². The monoisotopic (exact) mass is 601 g/mol. The maximum atomic E-state index is 11.8. The second-order valence-corrected chi connectivity index (χ2v) is 11.1. The summed E-state index contributed by atoms with van der Waals surface area (Å²) < 4.78 is 0. The lowest BCUT2D eigenvalue weighted by molar-refractivity contribution is -0.117. The zero-order valence-corrected chi connectivity index (χ0v) is 29.6. The van der Waals surface area contributed by atoms with Gasteiger partial charge in [0.2, 0.25) is 5.91 Å². The summed E-state index contributed by atoms with van der Waals surface area (Å²) in [5.41, 5.74) is 7.28. The Morgan fingerprint density at radius 2 is 0.977 bits per heavy atom. The third-order valence-electron chi connectivity index (χ3n) is 7.45. The maximum Gasteiger partial charge on any atom is 0.254 e. The number of anilines is 1. The van der Waals surface area contributed by atoms with E-state index in [0.717, 1.165) is 42.0 Å². The Balaban J connectivity index is 0.000000304. The SMILES string of the molecule is CC.CC.CC.CC(C)N1C(=O)Cc2ccccc21.CC(C)N1Cc2ccccc2C1.CC(C)N1Cc2ccccc2C1=O. The van der Waals surface area contributed by atoms with Gasteiger partial charge in [0.1, 0.15) is 0 Å². The van der Waals surface area contributed by atoms with E-state index in [9.17, 15) is 9.59 Å². The Labute approximate surface area is 269 Å². The van der Waals surface area contributed by atoms with Crippen LogP contribution in [0.25, 0.3) is 0 Å². The Bertz CT molecular complexity index is 1260. The summed E-state index contributed by atoms with van der Waals surface area (Å²) in [4.78, 5) is 29.6. The van der Waals surface area contributed by atoms with Gasteiger partial charge in [0.15, 0.2) is 0 Å². The number of amides is 2. The van der Waals surface area contributed by atoms with E-state index in [-0.39, 0.29) is 17.9 Å². The Kier molecular flexibility index (Phi) is 17.3. The molecule has 3 heterocycles. The molecule has 0 aliphatic carbocycles. The molecule has 0 atom stereocenters. The van der Waals surface area contributed by atoms with Crippen LogP contribution in [0.4, 0.5) is 5.69 Å². The van der Waals surface area contributed by atoms with E-state index in [1.807, 2.05) is 128 Å². The van der Waals surface area contributed by atoms with E-state index >= 15 is 0 Å². The number of carbonyl (C=O) groups excluding carboxylic acids is 2. The lowest BCUT2D eigenvalue weighted by atomic mass is 10.1. The van der Waals surface area contributed by atoms with Gasteiger partial charge in [0, 0.05) is 49.0 Å². The Morgan fingerprint density at radius 1 is 0.523 bits per heavy atom. The van der Waals surface area contributed by atoms with E-state index in [0.29, 0.717) is 18.5 Å². The summed E-state index contributed by atoms with van der Waals surface area (Å²) in [6.07, 6.45) is 0.564. The standard InChI is InChI=1S/2C11H13NO.C11H15N.3C2H6/c1-8(2)12-7-9-5-3-4-6-10(9)11(12)13;1-8(2)12-10-6-4-3-5-9(10)7-11(12)13;1-9(2)12-7-10-5-3-4-6-11(10)8-12;3*1-2/h2*3-6,8H,7H2,1-2H3;3-6,9H,7-8H2,1-2H3;3*1-2H3. The summed E-state index contributed by atoms with van der Waals surface area (Å²) in [5, 5.41) is 0. The van der Waals surface area contributed by atoms with Crippen molar-refractivity contribution in [1.29, 1.82) is 0 Å². The second kappa shape index (κ2) is 19.8. The molecule has 0 saturated carbocycles. The van der Waals surface area contributed by atoms with E-state index in [4.69, 9.17) is 0 Å². The van der Waals surface area contributed by atoms with Gasteiger partial charge in [-0.3, -0.25) is 14.5 Å². The van der Waals surface area contributed by atoms with Gasteiger partial charge < -0.3 is 9.80 Å². The molecule has 44 heavy (non-hydrogen) atoms. The van der Waals surface area contributed by atoms with Crippen LogP contribution in [0, 0.1) is 0 Å². The molecule has 2 amide bonds. The first kappa shape index (κ1) is 38.6. The molecule has 5 heteroatoms. The van der Waals surface area contributed by atoms with Crippen molar-refractivity contribution in [2.45, 2.75) is 127 Å². The molecule has 3 aliphatic heterocycles. The largest absolute Gasteiger partial charge is 0.332 e. The van der Waals surface area contributed by atoms with Crippen LogP contribution in [0.5, 0.6) is 0 Å². The summed E-state index contributed by atoms with van der Waals surface area (Å²) >= 11 is 0. The quantitative estimate of drug-likeness (QED) is 0.300. The number of nitrogens with zero attached hydrogens (tertiary/aromatic N) is 3. The predicted molar refractivity (Wildman–Crippen MR) is 189 cm³/mol. The molecule has 0 saturated heterocycles. The van der Waals surface area contributed by atoms with Crippen molar-refractivity contribution in [3.63, 3.8) is 0 Å². The molecule has 0 fully saturated rings. The highest BCUT2D eigenvalue weighted by atomic mass is 16.2. The summed E-state index contributed by atoms with van der Waals surface area (Å²) in [7, 11) is 0. The second-order valence-electron chi connectivity index (χ2n) is 11.1. The molecule has 3 aliphatic rings. The van der Waals surface area contributed by atoms with Gasteiger partial charge in [0.25, 0.3) is 5.91 Å². The average Bonchev–Trinajstić information content (AvgIpc) is 3.74.